The van der Waals surface area contributed by atoms with Crippen molar-refractivity contribution < 1.29 is 14.8 Å². The van der Waals surface area contributed by atoms with Crippen LogP contribution in [0.1, 0.15) is 5.56 Å². The van der Waals surface area contributed by atoms with E-state index in [9.17, 15) is 14.8 Å². The number of rotatable bonds is 6. The maximum absolute atomic E-state index is 11.4. The minimum Gasteiger partial charge on any atom is -0.480 e. The van der Waals surface area contributed by atoms with Crippen molar-refractivity contribution in [1.82, 2.24) is 5.09 Å². The zero-order chi connectivity index (χ0) is 15.3. The van der Waals surface area contributed by atoms with E-state index in [0.717, 1.165) is 5.56 Å². The molecule has 6 heteroatoms. The summed E-state index contributed by atoms with van der Waals surface area (Å²) in [7, 11) is 0. The Bertz CT molecular complexity index is 648. The Labute approximate surface area is 128 Å². The second-order valence-corrected chi connectivity index (χ2v) is 8.13. The molecule has 0 fully saturated rings. The normalized spacial score (nSPS) is 15.1. The van der Waals surface area contributed by atoms with Crippen LogP contribution in [-0.4, -0.2) is 22.0 Å². The molecule has 0 bridgehead atoms. The highest BCUT2D eigenvalue weighted by molar-refractivity contribution is 8.14. The molecule has 0 aliphatic carbocycles. The fourth-order valence-corrected chi connectivity index (χ4v) is 4.05. The lowest BCUT2D eigenvalue weighted by molar-refractivity contribution is -0.138. The number of nitrogens with one attached hydrogen (secondary N) is 1. The summed E-state index contributed by atoms with van der Waals surface area (Å²) in [5.41, 5.74) is 0.875. The van der Waals surface area contributed by atoms with E-state index in [2.05, 4.69) is 5.09 Å². The van der Waals surface area contributed by atoms with Crippen molar-refractivity contribution >= 4 is 29.5 Å². The summed E-state index contributed by atoms with van der Waals surface area (Å²) in [4.78, 5) is 21.8. The largest absolute Gasteiger partial charge is 0.480 e. The van der Waals surface area contributed by atoms with Crippen LogP contribution in [0.2, 0.25) is 0 Å². The molecule has 2 atom stereocenters. The molecular weight excluding hydrogens is 305 g/mol. The number of hydrogen-bond acceptors (Lipinski definition) is 2. The lowest BCUT2D eigenvalue weighted by Gasteiger charge is -2.22. The van der Waals surface area contributed by atoms with E-state index in [1.54, 1.807) is 24.3 Å². The van der Waals surface area contributed by atoms with Crippen molar-refractivity contribution in [3.05, 3.63) is 66.2 Å². The summed E-state index contributed by atoms with van der Waals surface area (Å²) in [6, 6.07) is 17.1. The molecule has 0 aromatic heterocycles. The van der Waals surface area contributed by atoms with Crippen molar-refractivity contribution in [2.45, 2.75) is 12.5 Å². The number of aliphatic carboxylic acids is 1. The molecule has 4 nitrogen and oxygen atoms in total. The summed E-state index contributed by atoms with van der Waals surface area (Å²) in [5, 5.41) is 12.6. The highest BCUT2D eigenvalue weighted by Crippen LogP contribution is 2.35. The molecular formula is C15H16NO3PS. The smallest absolute Gasteiger partial charge is 0.321 e. The Hall–Kier alpha value is -1.52. The molecule has 2 rings (SSSR count). The Morgan fingerprint density at radius 2 is 1.62 bits per heavy atom. The maximum Gasteiger partial charge on any atom is 0.321 e. The van der Waals surface area contributed by atoms with Crippen molar-refractivity contribution in [2.24, 2.45) is 0 Å². The maximum atomic E-state index is 11.4. The fourth-order valence-electron chi connectivity index (χ4n) is 1.95. The average molecular weight is 321 g/mol. The second-order valence-electron chi connectivity index (χ2n) is 4.62. The van der Waals surface area contributed by atoms with Gasteiger partial charge in [0.05, 0.1) is 0 Å². The zero-order valence-electron chi connectivity index (χ0n) is 11.2. The van der Waals surface area contributed by atoms with Gasteiger partial charge in [-0.1, -0.05) is 60.7 Å². The zero-order valence-corrected chi connectivity index (χ0v) is 12.9. The van der Waals surface area contributed by atoms with E-state index in [-0.39, 0.29) is 6.42 Å². The molecule has 0 aliphatic rings. The van der Waals surface area contributed by atoms with Crippen LogP contribution in [0, 0.1) is 0 Å². The number of carbonyl (C=O) groups is 1. The van der Waals surface area contributed by atoms with Crippen LogP contribution in [0.4, 0.5) is 0 Å². The summed E-state index contributed by atoms with van der Waals surface area (Å²) in [6.45, 7) is 0. The van der Waals surface area contributed by atoms with Crippen LogP contribution in [0.5, 0.6) is 0 Å². The molecule has 110 valence electrons. The fraction of sp³-hybridized carbons (Fsp3) is 0.133. The van der Waals surface area contributed by atoms with E-state index < -0.39 is 18.4 Å². The van der Waals surface area contributed by atoms with Crippen LogP contribution in [0.25, 0.3) is 0 Å². The van der Waals surface area contributed by atoms with Crippen molar-refractivity contribution in [2.75, 3.05) is 0 Å². The number of hydrogen-bond donors (Lipinski definition) is 3. The van der Waals surface area contributed by atoms with Crippen molar-refractivity contribution in [3.63, 3.8) is 0 Å². The highest BCUT2D eigenvalue weighted by Gasteiger charge is 2.25. The van der Waals surface area contributed by atoms with Gasteiger partial charge >= 0.3 is 5.97 Å². The molecule has 0 spiro atoms. The van der Waals surface area contributed by atoms with Crippen LogP contribution in [0.3, 0.4) is 0 Å². The quantitative estimate of drug-likeness (QED) is 0.709. The minimum absolute atomic E-state index is 0.266. The average Bonchev–Trinajstić information content (AvgIpc) is 2.48. The lowest BCUT2D eigenvalue weighted by Crippen LogP contribution is -2.38. The van der Waals surface area contributed by atoms with Gasteiger partial charge in [-0.3, -0.25) is 9.88 Å². The van der Waals surface area contributed by atoms with Crippen molar-refractivity contribution in [1.29, 1.82) is 0 Å². The Morgan fingerprint density at radius 1 is 1.10 bits per heavy atom. The first kappa shape index (κ1) is 15.9. The van der Waals surface area contributed by atoms with Gasteiger partial charge in [-0.15, -0.1) is 0 Å². The van der Waals surface area contributed by atoms with Crippen LogP contribution in [0.15, 0.2) is 60.7 Å². The summed E-state index contributed by atoms with van der Waals surface area (Å²) >= 11 is 5.21. The van der Waals surface area contributed by atoms with Gasteiger partial charge in [-0.05, 0) is 23.8 Å². The monoisotopic (exact) mass is 321 g/mol. The highest BCUT2D eigenvalue weighted by atomic mass is 32.4. The van der Waals surface area contributed by atoms with Gasteiger partial charge in [0.25, 0.3) is 0 Å². The Balaban J connectivity index is 2.17. The summed E-state index contributed by atoms with van der Waals surface area (Å²) in [6.07, 6.45) is -2.82. The van der Waals surface area contributed by atoms with Crippen LogP contribution in [-0.2, 0) is 23.0 Å². The minimum atomic E-state index is -3.09. The van der Waals surface area contributed by atoms with Gasteiger partial charge in [0, 0.05) is 5.30 Å². The van der Waals surface area contributed by atoms with Gasteiger partial charge in [0.1, 0.15) is 6.04 Å². The van der Waals surface area contributed by atoms with Gasteiger partial charge in [0.15, 0.2) is 6.42 Å². The Morgan fingerprint density at radius 3 is 2.14 bits per heavy atom. The standard InChI is InChI=1S/C15H16NO3PS/c17-15(18)14(11-12-7-3-1-4-8-12)16-20(19,21)13-9-5-2-6-10-13/h1-10,14H,11H2,(H,17,18)(H2,16,19,21)/t14-,20?/m0/s1. The topological polar surface area (TPSA) is 69.6 Å². The summed E-state index contributed by atoms with van der Waals surface area (Å²) < 4.78 is 0. The van der Waals surface area contributed by atoms with Crippen LogP contribution >= 0.6 is 6.42 Å². The van der Waals surface area contributed by atoms with Crippen LogP contribution < -0.4 is 10.4 Å². The van der Waals surface area contributed by atoms with E-state index in [4.69, 9.17) is 11.8 Å². The predicted molar refractivity (Wildman–Crippen MR) is 87.3 cm³/mol. The van der Waals surface area contributed by atoms with Gasteiger partial charge in [0.2, 0.25) is 0 Å². The SMILES string of the molecule is O=C(O)[C@H](Cc1ccccc1)NP(O)(=S)c1ccccc1. The molecule has 3 N–H and O–H groups in total. The third-order valence-electron chi connectivity index (χ3n) is 3.02. The predicted octanol–water partition coefficient (Wildman–Crippen LogP) is 1.90. The molecule has 0 aliphatic heterocycles. The molecule has 0 heterocycles. The first-order valence-corrected chi connectivity index (χ1v) is 9.17. The van der Waals surface area contributed by atoms with Gasteiger partial charge in [-0.2, -0.15) is 0 Å². The first-order chi connectivity index (χ1) is 9.99. The van der Waals surface area contributed by atoms with Gasteiger partial charge in [-0.25, -0.2) is 0 Å². The van der Waals surface area contributed by atoms with Crippen molar-refractivity contribution in [3.8, 4) is 0 Å². The third kappa shape index (κ3) is 4.48. The number of benzene rings is 2. The first-order valence-electron chi connectivity index (χ1n) is 6.42. The van der Waals surface area contributed by atoms with Gasteiger partial charge < -0.3 is 10.00 Å². The van der Waals surface area contributed by atoms with E-state index in [0.29, 0.717) is 5.30 Å². The molecule has 21 heavy (non-hydrogen) atoms. The Kier molecular flexibility index (Phi) is 5.26. The number of carboxylic acid groups (broad SMARTS) is 1. The molecule has 2 aromatic carbocycles. The molecule has 1 unspecified atom stereocenters. The summed E-state index contributed by atoms with van der Waals surface area (Å²) in [5.74, 6) is -1.03. The van der Waals surface area contributed by atoms with E-state index >= 15 is 0 Å². The molecule has 0 saturated carbocycles. The molecule has 2 aromatic rings. The van der Waals surface area contributed by atoms with E-state index in [1.165, 1.54) is 0 Å². The number of carboxylic acids is 1. The molecule has 0 radical (unpaired) electrons. The molecule has 0 saturated heterocycles. The van der Waals surface area contributed by atoms with E-state index in [1.807, 2.05) is 36.4 Å². The second kappa shape index (κ2) is 6.96. The third-order valence-corrected chi connectivity index (χ3v) is 5.63. The molecule has 0 amide bonds. The lowest BCUT2D eigenvalue weighted by atomic mass is 10.1.